The van der Waals surface area contributed by atoms with Gasteiger partial charge in [0.1, 0.15) is 11.9 Å². The minimum Gasteiger partial charge on any atom is -0.328 e. The molecule has 0 spiro atoms. The van der Waals surface area contributed by atoms with E-state index < -0.39 is 16.8 Å². The van der Waals surface area contributed by atoms with E-state index in [1.807, 2.05) is 0 Å². The second kappa shape index (κ2) is 6.87. The molecule has 1 N–H and O–H groups in total. The smallest absolute Gasteiger partial charge is 0.269 e. The van der Waals surface area contributed by atoms with Crippen molar-refractivity contribution in [2.24, 2.45) is 0 Å². The molecule has 30 heavy (non-hydrogen) atoms. The van der Waals surface area contributed by atoms with Crippen molar-refractivity contribution in [1.29, 1.82) is 0 Å². The summed E-state index contributed by atoms with van der Waals surface area (Å²) in [6.07, 6.45) is 1.80. The average molecular weight is 405 g/mol. The van der Waals surface area contributed by atoms with Gasteiger partial charge >= 0.3 is 0 Å². The molecule has 1 aliphatic carbocycles. The lowest BCUT2D eigenvalue weighted by Crippen LogP contribution is -2.32. The largest absolute Gasteiger partial charge is 0.328 e. The summed E-state index contributed by atoms with van der Waals surface area (Å²) in [6, 6.07) is 11.5. The molecule has 1 unspecified atom stereocenters. The highest BCUT2D eigenvalue weighted by Gasteiger charge is 2.38. The monoisotopic (exact) mass is 405 g/mol. The summed E-state index contributed by atoms with van der Waals surface area (Å²) >= 11 is 0. The maximum Gasteiger partial charge on any atom is 0.269 e. The van der Waals surface area contributed by atoms with E-state index in [1.54, 1.807) is 30.3 Å². The molecule has 1 atom stereocenters. The molecule has 1 aliphatic heterocycles. The van der Waals surface area contributed by atoms with Crippen molar-refractivity contribution in [3.05, 3.63) is 81.3 Å². The molecular weight excluding hydrogens is 389 g/mol. The molecule has 0 saturated carbocycles. The summed E-state index contributed by atoms with van der Waals surface area (Å²) in [6.45, 7) is 0. The number of hydrogen-bond acceptors (Lipinski definition) is 6. The first kappa shape index (κ1) is 18.2. The fourth-order valence-electron chi connectivity index (χ4n) is 4.00. The van der Waals surface area contributed by atoms with Gasteiger partial charge in [-0.2, -0.15) is 4.98 Å². The van der Waals surface area contributed by atoms with Gasteiger partial charge in [-0.05, 0) is 31.0 Å². The number of nitro groups is 1. The number of aromatic nitrogens is 3. The molecule has 0 fully saturated rings. The van der Waals surface area contributed by atoms with Gasteiger partial charge in [-0.3, -0.25) is 14.9 Å². The molecule has 3 aromatic rings. The van der Waals surface area contributed by atoms with Crippen molar-refractivity contribution in [3.8, 4) is 11.4 Å². The molecule has 2 heterocycles. The summed E-state index contributed by atoms with van der Waals surface area (Å²) in [5, 5.41) is 18.6. The predicted octanol–water partition coefficient (Wildman–Crippen LogP) is 4.01. The number of hydrogen-bond donors (Lipinski definition) is 1. The Hall–Kier alpha value is -3.88. The number of carbonyl (C=O) groups is 1. The van der Waals surface area contributed by atoms with Crippen molar-refractivity contribution < 1.29 is 14.1 Å². The maximum atomic E-state index is 14.7. The summed E-state index contributed by atoms with van der Waals surface area (Å²) in [5.74, 6) is 0.286. The zero-order chi connectivity index (χ0) is 20.8. The normalized spacial score (nSPS) is 17.9. The molecular formula is C21H16FN5O3. The van der Waals surface area contributed by atoms with E-state index in [4.69, 9.17) is 0 Å². The van der Waals surface area contributed by atoms with Crippen molar-refractivity contribution in [2.45, 2.75) is 25.3 Å². The van der Waals surface area contributed by atoms with Crippen LogP contribution >= 0.6 is 0 Å². The van der Waals surface area contributed by atoms with E-state index >= 15 is 0 Å². The Balaban J connectivity index is 1.65. The van der Waals surface area contributed by atoms with Crippen LogP contribution in [-0.2, 0) is 4.79 Å². The van der Waals surface area contributed by atoms with Crippen LogP contribution in [0.4, 0.5) is 16.0 Å². The number of Topliss-reactive ketones (excluding diaryl/α,β-unsaturated/α-hetero) is 1. The number of non-ortho nitro benzene ring substituents is 1. The van der Waals surface area contributed by atoms with Gasteiger partial charge in [-0.1, -0.05) is 18.2 Å². The number of allylic oxidation sites excluding steroid dienone is 2. The number of anilines is 1. The van der Waals surface area contributed by atoms with Crippen molar-refractivity contribution in [2.75, 3.05) is 5.32 Å². The lowest BCUT2D eigenvalue weighted by molar-refractivity contribution is -0.384. The Morgan fingerprint density at radius 1 is 1.13 bits per heavy atom. The number of carbonyl (C=O) groups excluding carboxylic acids is 1. The van der Waals surface area contributed by atoms with Gasteiger partial charge in [0, 0.05) is 41.0 Å². The Kier molecular flexibility index (Phi) is 4.16. The van der Waals surface area contributed by atoms with Crippen LogP contribution in [0.1, 0.15) is 30.9 Å². The minimum absolute atomic E-state index is 0.0324. The summed E-state index contributed by atoms with van der Waals surface area (Å²) in [5.41, 5.74) is 2.16. The summed E-state index contributed by atoms with van der Waals surface area (Å²) < 4.78 is 16.2. The molecule has 150 valence electrons. The zero-order valence-corrected chi connectivity index (χ0v) is 15.7. The number of nitrogens with one attached hydrogen (secondary N) is 1. The van der Waals surface area contributed by atoms with Crippen LogP contribution in [0.5, 0.6) is 0 Å². The fourth-order valence-corrected chi connectivity index (χ4v) is 4.00. The fraction of sp³-hybridized carbons (Fsp3) is 0.190. The third-order valence-electron chi connectivity index (χ3n) is 5.40. The topological polar surface area (TPSA) is 103 Å². The average Bonchev–Trinajstić information content (AvgIpc) is 3.17. The number of nitro benzene ring substituents is 1. The molecule has 0 bridgehead atoms. The number of rotatable bonds is 3. The van der Waals surface area contributed by atoms with Crippen LogP contribution in [-0.4, -0.2) is 25.5 Å². The molecule has 0 radical (unpaired) electrons. The van der Waals surface area contributed by atoms with Crippen LogP contribution in [0.15, 0.2) is 59.8 Å². The minimum atomic E-state index is -0.718. The highest BCUT2D eigenvalue weighted by atomic mass is 19.1. The molecule has 2 aromatic carbocycles. The maximum absolute atomic E-state index is 14.7. The predicted molar refractivity (Wildman–Crippen MR) is 106 cm³/mol. The Bertz CT molecular complexity index is 1220. The quantitative estimate of drug-likeness (QED) is 0.522. The number of halogens is 1. The van der Waals surface area contributed by atoms with E-state index in [2.05, 4.69) is 15.4 Å². The van der Waals surface area contributed by atoms with Crippen LogP contribution < -0.4 is 5.32 Å². The Morgan fingerprint density at radius 2 is 1.90 bits per heavy atom. The molecule has 9 heteroatoms. The highest BCUT2D eigenvalue weighted by Crippen LogP contribution is 2.41. The van der Waals surface area contributed by atoms with Crippen LogP contribution in [0.2, 0.25) is 0 Å². The molecule has 0 amide bonds. The number of benzene rings is 2. The van der Waals surface area contributed by atoms with Crippen molar-refractivity contribution in [3.63, 3.8) is 0 Å². The van der Waals surface area contributed by atoms with Gasteiger partial charge < -0.3 is 5.32 Å². The van der Waals surface area contributed by atoms with Gasteiger partial charge in [0.05, 0.1) is 4.92 Å². The van der Waals surface area contributed by atoms with E-state index in [-0.39, 0.29) is 11.5 Å². The third-order valence-corrected chi connectivity index (χ3v) is 5.40. The summed E-state index contributed by atoms with van der Waals surface area (Å²) in [7, 11) is 0. The SMILES string of the molecule is O=C1CCCC2=C1C(c1ccccc1F)n1nc(-c3ccc([N+](=O)[O-])cc3)nc1N2. The number of fused-ring (bicyclic) bond motifs is 1. The molecule has 5 rings (SSSR count). The van der Waals surface area contributed by atoms with Crippen LogP contribution in [0.25, 0.3) is 11.4 Å². The number of nitrogens with zero attached hydrogens (tertiary/aromatic N) is 4. The van der Waals surface area contributed by atoms with Crippen LogP contribution in [0, 0.1) is 15.9 Å². The Labute approximate surface area is 170 Å². The first-order valence-electron chi connectivity index (χ1n) is 9.52. The van der Waals surface area contributed by atoms with E-state index in [0.29, 0.717) is 41.3 Å². The molecule has 0 saturated heterocycles. The standard InChI is InChI=1S/C21H16FN5O3/c22-15-5-2-1-4-14(15)19-18-16(6-3-7-17(18)28)23-21-24-20(25-26(19)21)12-8-10-13(11-9-12)27(29)30/h1-2,4-5,8-11,19H,3,6-7H2,(H,23,24,25). The van der Waals surface area contributed by atoms with Gasteiger partial charge in [-0.25, -0.2) is 9.07 Å². The van der Waals surface area contributed by atoms with E-state index in [1.165, 1.54) is 22.9 Å². The van der Waals surface area contributed by atoms with Gasteiger partial charge in [-0.15, -0.1) is 5.10 Å². The highest BCUT2D eigenvalue weighted by molar-refractivity contribution is 5.99. The molecule has 2 aliphatic rings. The molecule has 1 aromatic heterocycles. The van der Waals surface area contributed by atoms with E-state index in [0.717, 1.165) is 12.1 Å². The second-order valence-corrected chi connectivity index (χ2v) is 7.23. The Morgan fingerprint density at radius 3 is 2.63 bits per heavy atom. The summed E-state index contributed by atoms with van der Waals surface area (Å²) in [4.78, 5) is 27.7. The molecule has 8 nitrogen and oxygen atoms in total. The van der Waals surface area contributed by atoms with Gasteiger partial charge in [0.25, 0.3) is 5.69 Å². The first-order valence-corrected chi connectivity index (χ1v) is 9.52. The van der Waals surface area contributed by atoms with Gasteiger partial charge in [0.2, 0.25) is 5.95 Å². The van der Waals surface area contributed by atoms with Crippen LogP contribution in [0.3, 0.4) is 0 Å². The van der Waals surface area contributed by atoms with Crippen molar-refractivity contribution in [1.82, 2.24) is 14.8 Å². The van der Waals surface area contributed by atoms with Crippen molar-refractivity contribution >= 4 is 17.4 Å². The number of ketones is 1. The lowest BCUT2D eigenvalue weighted by atomic mass is 9.85. The third kappa shape index (κ3) is 2.86. The second-order valence-electron chi connectivity index (χ2n) is 7.23. The van der Waals surface area contributed by atoms with Gasteiger partial charge in [0.15, 0.2) is 11.6 Å². The first-order chi connectivity index (χ1) is 14.5. The van der Waals surface area contributed by atoms with E-state index in [9.17, 15) is 19.3 Å². The zero-order valence-electron chi connectivity index (χ0n) is 15.7. The lowest BCUT2D eigenvalue weighted by Gasteiger charge is -2.32.